The third-order valence-electron chi connectivity index (χ3n) is 4.44. The van der Waals surface area contributed by atoms with E-state index in [9.17, 15) is 4.79 Å². The fourth-order valence-corrected chi connectivity index (χ4v) is 4.51. The van der Waals surface area contributed by atoms with Crippen molar-refractivity contribution in [3.63, 3.8) is 0 Å². The van der Waals surface area contributed by atoms with Crippen molar-refractivity contribution < 1.29 is 9.53 Å². The predicted molar refractivity (Wildman–Crippen MR) is 101 cm³/mol. The van der Waals surface area contributed by atoms with Gasteiger partial charge in [-0.1, -0.05) is 19.1 Å². The summed E-state index contributed by atoms with van der Waals surface area (Å²) in [7, 11) is 0. The highest BCUT2D eigenvalue weighted by Gasteiger charge is 2.24. The largest absolute Gasteiger partial charge is 0.467 e. The number of nitrogens with zero attached hydrogens (tertiary/aromatic N) is 3. The topological polar surface area (TPSA) is 55.3 Å². The van der Waals surface area contributed by atoms with Crippen LogP contribution in [0.25, 0.3) is 10.2 Å². The molecule has 0 N–H and O–H groups in total. The van der Waals surface area contributed by atoms with Crippen molar-refractivity contribution in [3.8, 4) is 5.88 Å². The van der Waals surface area contributed by atoms with Gasteiger partial charge in [0.05, 0.1) is 5.39 Å². The molecule has 1 aliphatic carbocycles. The van der Waals surface area contributed by atoms with Crippen LogP contribution in [-0.2, 0) is 17.6 Å². The summed E-state index contributed by atoms with van der Waals surface area (Å²) in [5.74, 6) is 1.11. The predicted octanol–water partition coefficient (Wildman–Crippen LogP) is 3.40. The Morgan fingerprint density at radius 2 is 2.16 bits per heavy atom. The molecule has 2 aromatic rings. The van der Waals surface area contributed by atoms with Gasteiger partial charge in [-0.2, -0.15) is 0 Å². The van der Waals surface area contributed by atoms with Gasteiger partial charge in [0.15, 0.2) is 6.61 Å². The molecule has 6 heteroatoms. The van der Waals surface area contributed by atoms with E-state index in [1.807, 2.05) is 0 Å². The molecule has 0 radical (unpaired) electrons. The lowest BCUT2D eigenvalue weighted by Gasteiger charge is -2.20. The third kappa shape index (κ3) is 3.74. The number of hydrogen-bond acceptors (Lipinski definition) is 5. The Kier molecular flexibility index (Phi) is 5.48. The molecule has 1 atom stereocenters. The van der Waals surface area contributed by atoms with Gasteiger partial charge < -0.3 is 9.64 Å². The van der Waals surface area contributed by atoms with E-state index in [4.69, 9.17) is 4.74 Å². The number of aryl methyl sites for hydroxylation is 1. The molecule has 1 amide bonds. The Hall–Kier alpha value is -2.21. The number of carbonyl (C=O) groups excluding carboxylic acids is 1. The molecular formula is C19H23N3O2S. The Bertz CT molecular complexity index is 789. The van der Waals surface area contributed by atoms with Crippen molar-refractivity contribution in [1.29, 1.82) is 0 Å². The van der Waals surface area contributed by atoms with Gasteiger partial charge in [-0.05, 0) is 30.7 Å². The summed E-state index contributed by atoms with van der Waals surface area (Å²) < 4.78 is 5.80. The van der Waals surface area contributed by atoms with Crippen LogP contribution in [0.2, 0.25) is 0 Å². The van der Waals surface area contributed by atoms with Crippen LogP contribution in [0.5, 0.6) is 5.88 Å². The van der Waals surface area contributed by atoms with Crippen LogP contribution < -0.4 is 4.74 Å². The van der Waals surface area contributed by atoms with E-state index >= 15 is 0 Å². The number of carbonyl (C=O) groups is 1. The number of rotatable bonds is 7. The van der Waals surface area contributed by atoms with E-state index in [1.54, 1.807) is 28.4 Å². The molecule has 0 bridgehead atoms. The lowest BCUT2D eigenvalue weighted by atomic mass is 9.89. The summed E-state index contributed by atoms with van der Waals surface area (Å²) >= 11 is 1.72. The Labute approximate surface area is 152 Å². The molecule has 0 saturated carbocycles. The van der Waals surface area contributed by atoms with Crippen molar-refractivity contribution >= 4 is 27.5 Å². The van der Waals surface area contributed by atoms with Gasteiger partial charge in [-0.3, -0.25) is 4.79 Å². The molecule has 0 spiro atoms. The zero-order chi connectivity index (χ0) is 17.8. The second-order valence-electron chi connectivity index (χ2n) is 6.38. The van der Waals surface area contributed by atoms with Crippen LogP contribution in [0.3, 0.4) is 0 Å². The first-order valence-corrected chi connectivity index (χ1v) is 9.33. The third-order valence-corrected chi connectivity index (χ3v) is 5.60. The van der Waals surface area contributed by atoms with Gasteiger partial charge >= 0.3 is 0 Å². The monoisotopic (exact) mass is 357 g/mol. The summed E-state index contributed by atoms with van der Waals surface area (Å²) in [6.07, 6.45) is 8.17. The Morgan fingerprint density at radius 3 is 2.88 bits per heavy atom. The minimum absolute atomic E-state index is 0.0468. The van der Waals surface area contributed by atoms with Crippen molar-refractivity contribution in [3.05, 3.63) is 42.1 Å². The van der Waals surface area contributed by atoms with Crippen molar-refractivity contribution in [2.45, 2.75) is 26.2 Å². The van der Waals surface area contributed by atoms with E-state index in [2.05, 4.69) is 30.0 Å². The number of thiophene rings is 1. The number of aromatic nitrogens is 2. The zero-order valence-corrected chi connectivity index (χ0v) is 15.3. The zero-order valence-electron chi connectivity index (χ0n) is 14.5. The van der Waals surface area contributed by atoms with Crippen LogP contribution in [0.4, 0.5) is 0 Å². The second kappa shape index (κ2) is 7.78. The molecule has 2 aromatic heterocycles. The van der Waals surface area contributed by atoms with Crippen molar-refractivity contribution in [2.24, 2.45) is 5.92 Å². The highest BCUT2D eigenvalue weighted by Crippen LogP contribution is 2.40. The minimum Gasteiger partial charge on any atom is -0.467 e. The maximum atomic E-state index is 12.4. The van der Waals surface area contributed by atoms with Crippen LogP contribution in [0.1, 0.15) is 23.8 Å². The van der Waals surface area contributed by atoms with Gasteiger partial charge in [0, 0.05) is 18.0 Å². The molecule has 0 saturated heterocycles. The van der Waals surface area contributed by atoms with Gasteiger partial charge in [0.25, 0.3) is 5.91 Å². The molecule has 5 nitrogen and oxygen atoms in total. The molecule has 3 rings (SSSR count). The second-order valence-corrected chi connectivity index (χ2v) is 7.46. The summed E-state index contributed by atoms with van der Waals surface area (Å²) in [5, 5.41) is 0.987. The molecule has 25 heavy (non-hydrogen) atoms. The summed E-state index contributed by atoms with van der Waals surface area (Å²) in [6, 6.07) is 0. The fourth-order valence-electron chi connectivity index (χ4n) is 3.17. The Morgan fingerprint density at radius 1 is 1.40 bits per heavy atom. The number of fused-ring (bicyclic) bond motifs is 3. The first-order chi connectivity index (χ1) is 12.1. The molecule has 0 aliphatic heterocycles. The first kappa shape index (κ1) is 17.6. The molecule has 0 aromatic carbocycles. The highest BCUT2D eigenvalue weighted by atomic mass is 32.1. The maximum absolute atomic E-state index is 12.4. The summed E-state index contributed by atoms with van der Waals surface area (Å²) in [6.45, 7) is 10.5. The van der Waals surface area contributed by atoms with Crippen molar-refractivity contribution in [2.75, 3.05) is 19.7 Å². The number of amides is 1. The van der Waals surface area contributed by atoms with E-state index in [0.717, 1.165) is 23.1 Å². The lowest BCUT2D eigenvalue weighted by molar-refractivity contribution is -0.132. The normalized spacial score (nSPS) is 16.3. The summed E-state index contributed by atoms with van der Waals surface area (Å²) in [4.78, 5) is 25.0. The van der Waals surface area contributed by atoms with E-state index < -0.39 is 0 Å². The average Bonchev–Trinajstić information content (AvgIpc) is 2.97. The van der Waals surface area contributed by atoms with Crippen LogP contribution in [0.15, 0.2) is 31.6 Å². The lowest BCUT2D eigenvalue weighted by Crippen LogP contribution is -2.35. The van der Waals surface area contributed by atoms with Crippen LogP contribution in [-0.4, -0.2) is 40.5 Å². The van der Waals surface area contributed by atoms with Crippen LogP contribution >= 0.6 is 11.3 Å². The van der Waals surface area contributed by atoms with Gasteiger partial charge in [0.1, 0.15) is 11.2 Å². The van der Waals surface area contributed by atoms with E-state index in [-0.39, 0.29) is 12.5 Å². The number of ether oxygens (including phenoxy) is 1. The van der Waals surface area contributed by atoms with E-state index in [0.29, 0.717) is 24.9 Å². The minimum atomic E-state index is -0.107. The molecular weight excluding hydrogens is 334 g/mol. The van der Waals surface area contributed by atoms with Crippen LogP contribution in [0, 0.1) is 5.92 Å². The van der Waals surface area contributed by atoms with E-state index in [1.165, 1.54) is 23.2 Å². The standard InChI is InChI=1S/C19H23N3O2S/c1-4-8-22(9-5-2)16(23)11-24-18-17-14-7-6-13(3)10-15(14)25-19(17)21-12-20-18/h4-5,12-13H,1-2,6-11H2,3H3. The summed E-state index contributed by atoms with van der Waals surface area (Å²) in [5.41, 5.74) is 1.30. The molecule has 0 fully saturated rings. The SMILES string of the molecule is C=CCN(CC=C)C(=O)COc1ncnc2sc3c(c12)CCC(C)C3. The number of hydrogen-bond donors (Lipinski definition) is 0. The molecule has 1 aliphatic rings. The molecule has 2 heterocycles. The molecule has 132 valence electrons. The average molecular weight is 357 g/mol. The highest BCUT2D eigenvalue weighted by molar-refractivity contribution is 7.18. The van der Waals surface area contributed by atoms with Gasteiger partial charge in [-0.25, -0.2) is 9.97 Å². The quantitative estimate of drug-likeness (QED) is 0.713. The van der Waals surface area contributed by atoms with Gasteiger partial charge in [0.2, 0.25) is 5.88 Å². The van der Waals surface area contributed by atoms with Crippen molar-refractivity contribution in [1.82, 2.24) is 14.9 Å². The smallest absolute Gasteiger partial charge is 0.261 e. The Balaban J connectivity index is 1.81. The fraction of sp³-hybridized carbons (Fsp3) is 0.421. The first-order valence-electron chi connectivity index (χ1n) is 8.51. The molecule has 1 unspecified atom stereocenters. The van der Waals surface area contributed by atoms with Gasteiger partial charge in [-0.15, -0.1) is 24.5 Å². The maximum Gasteiger partial charge on any atom is 0.261 e.